The van der Waals surface area contributed by atoms with E-state index in [0.717, 1.165) is 43.3 Å². The van der Waals surface area contributed by atoms with Gasteiger partial charge in [0.25, 0.3) is 0 Å². The van der Waals surface area contributed by atoms with E-state index in [-0.39, 0.29) is 30.3 Å². The number of aldehydes is 1. The Morgan fingerprint density at radius 2 is 1.91 bits per heavy atom. The Morgan fingerprint density at radius 3 is 2.67 bits per heavy atom. The van der Waals surface area contributed by atoms with Crippen LogP contribution in [0.25, 0.3) is 0 Å². The largest absolute Gasteiger partial charge is 0.462 e. The summed E-state index contributed by atoms with van der Waals surface area (Å²) in [6, 6.07) is 0. The number of hydrogen-bond acceptors (Lipinski definition) is 3. The molecule has 0 aromatic rings. The monoisotopic (exact) mass is 454 g/mol. The van der Waals surface area contributed by atoms with E-state index in [1.165, 1.54) is 56.9 Å². The van der Waals surface area contributed by atoms with E-state index in [9.17, 15) is 9.59 Å². The van der Waals surface area contributed by atoms with E-state index in [0.29, 0.717) is 11.3 Å². The molecule has 0 radical (unpaired) electrons. The van der Waals surface area contributed by atoms with E-state index in [4.69, 9.17) is 4.74 Å². The van der Waals surface area contributed by atoms with Gasteiger partial charge >= 0.3 is 5.97 Å². The van der Waals surface area contributed by atoms with Crippen LogP contribution in [0.15, 0.2) is 23.3 Å². The highest BCUT2D eigenvalue weighted by atomic mass is 16.5. The zero-order valence-electron chi connectivity index (χ0n) is 21.5. The van der Waals surface area contributed by atoms with E-state index in [2.05, 4.69) is 39.8 Å². The summed E-state index contributed by atoms with van der Waals surface area (Å²) >= 11 is 0. The van der Waals surface area contributed by atoms with Gasteiger partial charge in [-0.25, -0.2) is 0 Å². The number of unbranched alkanes of at least 4 members (excludes halogenated alkanes) is 1. The molecule has 0 spiro atoms. The molecule has 0 amide bonds. The van der Waals surface area contributed by atoms with Crippen LogP contribution in [0.5, 0.6) is 0 Å². The lowest BCUT2D eigenvalue weighted by Gasteiger charge is -2.55. The lowest BCUT2D eigenvalue weighted by Crippen LogP contribution is -2.46. The van der Waals surface area contributed by atoms with Gasteiger partial charge in [-0.05, 0) is 79.4 Å². The molecule has 3 nitrogen and oxygen atoms in total. The maximum absolute atomic E-state index is 12.0. The molecule has 4 rings (SSSR count). The number of ether oxygens (including phenoxy) is 1. The van der Waals surface area contributed by atoms with Crippen molar-refractivity contribution in [2.45, 2.75) is 117 Å². The molecule has 6 unspecified atom stereocenters. The number of fused-ring (bicyclic) bond motifs is 5. The standard InChI is InChI=1S/C30H46O3/c1-21(2)8-5-6-9-22-12-14-26-25-13-11-23-20-24(33-28(32)10-7-19-31)15-17-30(23,4)27(25)16-18-29(22,26)3/h11,13,19,21-22,24,26-27H,5-10,12,14-18,20H2,1-4H3. The first-order chi connectivity index (χ1) is 15.8. The average molecular weight is 455 g/mol. The molecule has 0 aromatic heterocycles. The average Bonchev–Trinajstić information content (AvgIpc) is 3.11. The van der Waals surface area contributed by atoms with Gasteiger partial charge in [0, 0.05) is 12.8 Å². The van der Waals surface area contributed by atoms with Gasteiger partial charge in [0.1, 0.15) is 12.4 Å². The second-order valence-electron chi connectivity index (χ2n) is 12.4. The van der Waals surface area contributed by atoms with Crippen molar-refractivity contribution >= 4 is 12.3 Å². The number of allylic oxidation sites excluding steroid dienone is 3. The van der Waals surface area contributed by atoms with Gasteiger partial charge in [0.2, 0.25) is 0 Å². The predicted octanol–water partition coefficient (Wildman–Crippen LogP) is 7.59. The third-order valence-corrected chi connectivity index (χ3v) is 10.1. The first kappa shape index (κ1) is 24.7. The minimum atomic E-state index is -0.220. The molecule has 0 saturated heterocycles. The first-order valence-electron chi connectivity index (χ1n) is 13.8. The molecule has 4 aliphatic carbocycles. The summed E-state index contributed by atoms with van der Waals surface area (Å²) in [6.07, 6.45) is 20.1. The molecule has 0 bridgehead atoms. The molecule has 0 N–H and O–H groups in total. The Bertz CT molecular complexity index is 792. The van der Waals surface area contributed by atoms with Gasteiger partial charge in [-0.1, -0.05) is 70.3 Å². The summed E-state index contributed by atoms with van der Waals surface area (Å²) in [5.41, 5.74) is 3.96. The number of carbonyl (C=O) groups excluding carboxylic acids is 2. The summed E-state index contributed by atoms with van der Waals surface area (Å²) in [7, 11) is 0. The minimum absolute atomic E-state index is 0.0195. The van der Waals surface area contributed by atoms with Gasteiger partial charge in [-0.3, -0.25) is 4.79 Å². The minimum Gasteiger partial charge on any atom is -0.462 e. The zero-order chi connectivity index (χ0) is 23.6. The van der Waals surface area contributed by atoms with Crippen molar-refractivity contribution in [2.24, 2.45) is 34.5 Å². The number of carbonyl (C=O) groups is 2. The maximum Gasteiger partial charge on any atom is 0.306 e. The quantitative estimate of drug-likeness (QED) is 0.205. The summed E-state index contributed by atoms with van der Waals surface area (Å²) in [5, 5.41) is 0. The Kier molecular flexibility index (Phi) is 7.56. The molecule has 0 heterocycles. The Labute approximate surface area is 201 Å². The SMILES string of the molecule is CC(C)CCCCC1CCC2C3=CC=C4CC(OC(=O)CCC=O)CCC4(C)C3CCC12C. The fourth-order valence-electron chi connectivity index (χ4n) is 8.02. The molecule has 0 aromatic carbocycles. The van der Waals surface area contributed by atoms with Gasteiger partial charge in [0.05, 0.1) is 6.42 Å². The summed E-state index contributed by atoms with van der Waals surface area (Å²) in [4.78, 5) is 22.6. The van der Waals surface area contributed by atoms with Crippen molar-refractivity contribution in [1.29, 1.82) is 0 Å². The van der Waals surface area contributed by atoms with Crippen molar-refractivity contribution in [3.63, 3.8) is 0 Å². The van der Waals surface area contributed by atoms with Gasteiger partial charge in [-0.2, -0.15) is 0 Å². The molecule has 4 aliphatic rings. The topological polar surface area (TPSA) is 43.4 Å². The van der Waals surface area contributed by atoms with Crippen molar-refractivity contribution in [3.05, 3.63) is 23.3 Å². The second kappa shape index (κ2) is 10.1. The lowest BCUT2D eigenvalue weighted by atomic mass is 9.50. The van der Waals surface area contributed by atoms with E-state index < -0.39 is 0 Å². The second-order valence-corrected chi connectivity index (χ2v) is 12.4. The first-order valence-corrected chi connectivity index (χ1v) is 13.8. The Hall–Kier alpha value is -1.38. The van der Waals surface area contributed by atoms with E-state index in [1.54, 1.807) is 5.57 Å². The van der Waals surface area contributed by atoms with Crippen LogP contribution >= 0.6 is 0 Å². The van der Waals surface area contributed by atoms with Crippen molar-refractivity contribution < 1.29 is 14.3 Å². The molecule has 33 heavy (non-hydrogen) atoms. The van der Waals surface area contributed by atoms with Crippen molar-refractivity contribution in [3.8, 4) is 0 Å². The van der Waals surface area contributed by atoms with Crippen molar-refractivity contribution in [1.82, 2.24) is 0 Å². The van der Waals surface area contributed by atoms with Crippen LogP contribution in [0.2, 0.25) is 0 Å². The normalized spacial score (nSPS) is 37.5. The summed E-state index contributed by atoms with van der Waals surface area (Å²) in [6.45, 7) is 9.79. The molecule has 0 aliphatic heterocycles. The third-order valence-electron chi connectivity index (χ3n) is 10.1. The lowest BCUT2D eigenvalue weighted by molar-refractivity contribution is -0.151. The van der Waals surface area contributed by atoms with E-state index >= 15 is 0 Å². The highest BCUT2D eigenvalue weighted by molar-refractivity contribution is 5.72. The summed E-state index contributed by atoms with van der Waals surface area (Å²) in [5.74, 6) is 2.94. The van der Waals surface area contributed by atoms with Crippen LogP contribution < -0.4 is 0 Å². The highest BCUT2D eigenvalue weighted by Crippen LogP contribution is 2.65. The molecule has 184 valence electrons. The Balaban J connectivity index is 1.43. The smallest absolute Gasteiger partial charge is 0.306 e. The number of esters is 1. The van der Waals surface area contributed by atoms with Crippen LogP contribution in [0.4, 0.5) is 0 Å². The third kappa shape index (κ3) is 4.89. The molecular weight excluding hydrogens is 408 g/mol. The van der Waals surface area contributed by atoms with Crippen LogP contribution in [0.3, 0.4) is 0 Å². The maximum atomic E-state index is 12.0. The van der Waals surface area contributed by atoms with Crippen LogP contribution in [0.1, 0.15) is 111 Å². The van der Waals surface area contributed by atoms with Crippen LogP contribution in [0, 0.1) is 34.5 Å². The number of rotatable bonds is 9. The molecule has 3 heteroatoms. The molecule has 3 fully saturated rings. The van der Waals surface area contributed by atoms with Crippen LogP contribution in [-0.2, 0) is 14.3 Å². The van der Waals surface area contributed by atoms with Crippen LogP contribution in [-0.4, -0.2) is 18.4 Å². The molecular formula is C30H46O3. The van der Waals surface area contributed by atoms with Gasteiger partial charge < -0.3 is 9.53 Å². The van der Waals surface area contributed by atoms with Gasteiger partial charge in [-0.15, -0.1) is 0 Å². The van der Waals surface area contributed by atoms with E-state index in [1.807, 2.05) is 0 Å². The number of hydrogen-bond donors (Lipinski definition) is 0. The fraction of sp³-hybridized carbons (Fsp3) is 0.800. The molecule has 6 atom stereocenters. The zero-order valence-corrected chi connectivity index (χ0v) is 21.5. The summed E-state index contributed by atoms with van der Waals surface area (Å²) < 4.78 is 5.72. The highest BCUT2D eigenvalue weighted by Gasteiger charge is 2.56. The van der Waals surface area contributed by atoms with Gasteiger partial charge in [0.15, 0.2) is 0 Å². The fourth-order valence-corrected chi connectivity index (χ4v) is 8.02. The predicted molar refractivity (Wildman–Crippen MR) is 134 cm³/mol. The Morgan fingerprint density at radius 1 is 1.09 bits per heavy atom. The van der Waals surface area contributed by atoms with Crippen molar-refractivity contribution in [2.75, 3.05) is 0 Å². The molecule has 3 saturated carbocycles.